The molecule has 2 nitrogen and oxygen atoms in total. The van der Waals surface area contributed by atoms with E-state index in [0.717, 1.165) is 0 Å². The predicted octanol–water partition coefficient (Wildman–Crippen LogP) is 1.74. The van der Waals surface area contributed by atoms with Crippen LogP contribution in [0, 0.1) is 0 Å². The molecule has 2 heteroatoms. The van der Waals surface area contributed by atoms with Gasteiger partial charge in [0.2, 0.25) is 0 Å². The maximum Gasteiger partial charge on any atom is 0.292 e. The standard InChI is InChI=1S/C5H10.C2H4O2/c1-2-4-5-3-1;1-4-2-3/h1-5H2;2H,1H3. The van der Waals surface area contributed by atoms with Gasteiger partial charge in [-0.05, 0) is 0 Å². The monoisotopic (exact) mass is 130 g/mol. The highest BCUT2D eigenvalue weighted by Gasteiger charge is 1.95. The lowest BCUT2D eigenvalue weighted by atomic mass is 10.4. The summed E-state index contributed by atoms with van der Waals surface area (Å²) in [5.74, 6) is 0. The summed E-state index contributed by atoms with van der Waals surface area (Å²) >= 11 is 0. The van der Waals surface area contributed by atoms with Gasteiger partial charge >= 0.3 is 0 Å². The molecule has 9 heavy (non-hydrogen) atoms. The van der Waals surface area contributed by atoms with Gasteiger partial charge in [0.05, 0.1) is 7.11 Å². The predicted molar refractivity (Wildman–Crippen MR) is 36.2 cm³/mol. The molecule has 1 aliphatic rings. The van der Waals surface area contributed by atoms with E-state index in [2.05, 4.69) is 4.74 Å². The van der Waals surface area contributed by atoms with E-state index in [1.807, 2.05) is 0 Å². The Morgan fingerprint density at radius 2 is 1.33 bits per heavy atom. The highest BCUT2D eigenvalue weighted by molar-refractivity contribution is 5.36. The molecule has 0 amide bonds. The lowest BCUT2D eigenvalue weighted by molar-refractivity contribution is -0.126. The van der Waals surface area contributed by atoms with E-state index in [0.29, 0.717) is 6.47 Å². The largest absolute Gasteiger partial charge is 0.471 e. The zero-order chi connectivity index (χ0) is 6.95. The summed E-state index contributed by atoms with van der Waals surface area (Å²) in [5.41, 5.74) is 0. The Hall–Kier alpha value is -0.530. The van der Waals surface area contributed by atoms with Crippen molar-refractivity contribution in [3.05, 3.63) is 0 Å². The molecule has 0 unspecified atom stereocenters. The van der Waals surface area contributed by atoms with Gasteiger partial charge in [0.15, 0.2) is 0 Å². The van der Waals surface area contributed by atoms with E-state index in [-0.39, 0.29) is 0 Å². The Bertz CT molecular complexity index is 50.3. The molecule has 1 aliphatic carbocycles. The summed E-state index contributed by atoms with van der Waals surface area (Å²) in [5, 5.41) is 0. The van der Waals surface area contributed by atoms with E-state index in [9.17, 15) is 0 Å². The molecule has 0 spiro atoms. The molecule has 0 aliphatic heterocycles. The zero-order valence-electron chi connectivity index (χ0n) is 5.93. The SMILES string of the molecule is C1CCCC1.COC=O. The van der Waals surface area contributed by atoms with Crippen molar-refractivity contribution in [2.45, 2.75) is 32.1 Å². The molecular weight excluding hydrogens is 116 g/mol. The number of carbonyl (C=O) groups is 1. The quantitative estimate of drug-likeness (QED) is 0.505. The zero-order valence-corrected chi connectivity index (χ0v) is 5.93. The smallest absolute Gasteiger partial charge is 0.292 e. The normalized spacial score (nSPS) is 15.7. The molecule has 1 fully saturated rings. The number of methoxy groups -OCH3 is 1. The van der Waals surface area contributed by atoms with Crippen LogP contribution < -0.4 is 0 Å². The topological polar surface area (TPSA) is 26.3 Å². The summed E-state index contributed by atoms with van der Waals surface area (Å²) in [7, 11) is 1.31. The molecule has 0 aromatic heterocycles. The first-order chi connectivity index (χ1) is 4.41. The summed E-state index contributed by atoms with van der Waals surface area (Å²) in [4.78, 5) is 8.95. The summed E-state index contributed by atoms with van der Waals surface area (Å²) in [6, 6.07) is 0. The van der Waals surface area contributed by atoms with Gasteiger partial charge in [0.25, 0.3) is 6.47 Å². The molecule has 0 atom stereocenters. The first kappa shape index (κ1) is 8.47. The van der Waals surface area contributed by atoms with Gasteiger partial charge in [0.1, 0.15) is 0 Å². The molecule has 1 saturated carbocycles. The van der Waals surface area contributed by atoms with E-state index >= 15 is 0 Å². The molecule has 0 aromatic carbocycles. The molecule has 0 N–H and O–H groups in total. The van der Waals surface area contributed by atoms with Crippen molar-refractivity contribution >= 4 is 6.47 Å². The lowest BCUT2D eigenvalue weighted by Gasteiger charge is -1.67. The fraction of sp³-hybridized carbons (Fsp3) is 0.857. The minimum absolute atomic E-state index is 0.375. The molecule has 0 saturated heterocycles. The van der Waals surface area contributed by atoms with Crippen molar-refractivity contribution in [1.82, 2.24) is 0 Å². The molecule has 1 rings (SSSR count). The van der Waals surface area contributed by atoms with Crippen molar-refractivity contribution < 1.29 is 9.53 Å². The molecule has 0 aromatic rings. The van der Waals surface area contributed by atoms with Crippen LogP contribution in [0.4, 0.5) is 0 Å². The van der Waals surface area contributed by atoms with Gasteiger partial charge in [-0.25, -0.2) is 0 Å². The summed E-state index contributed by atoms with van der Waals surface area (Å²) in [6.07, 6.45) is 7.50. The van der Waals surface area contributed by atoms with E-state index in [4.69, 9.17) is 4.79 Å². The van der Waals surface area contributed by atoms with E-state index in [1.54, 1.807) is 0 Å². The Morgan fingerprint density at radius 3 is 1.44 bits per heavy atom. The second-order valence-electron chi connectivity index (χ2n) is 2.10. The number of carbonyl (C=O) groups excluding carboxylic acids is 1. The summed E-state index contributed by atoms with van der Waals surface area (Å²) < 4.78 is 3.86. The Labute approximate surface area is 56.2 Å². The first-order valence-electron chi connectivity index (χ1n) is 3.38. The van der Waals surface area contributed by atoms with Crippen LogP contribution in [0.1, 0.15) is 32.1 Å². The van der Waals surface area contributed by atoms with Crippen molar-refractivity contribution in [2.75, 3.05) is 7.11 Å². The third-order valence-corrected chi connectivity index (χ3v) is 1.35. The number of rotatable bonds is 1. The van der Waals surface area contributed by atoms with E-state index < -0.39 is 0 Å². The first-order valence-corrected chi connectivity index (χ1v) is 3.38. The minimum Gasteiger partial charge on any atom is -0.471 e. The van der Waals surface area contributed by atoms with Crippen LogP contribution in [0.15, 0.2) is 0 Å². The average Bonchev–Trinajstić information content (AvgIpc) is 2.43. The lowest BCUT2D eigenvalue weighted by Crippen LogP contribution is -1.68. The number of hydrogen-bond acceptors (Lipinski definition) is 2. The third-order valence-electron chi connectivity index (χ3n) is 1.35. The second-order valence-corrected chi connectivity index (χ2v) is 2.10. The highest BCUT2D eigenvalue weighted by atomic mass is 16.5. The van der Waals surface area contributed by atoms with Gasteiger partial charge in [-0.2, -0.15) is 0 Å². The molecule has 0 heterocycles. The van der Waals surface area contributed by atoms with Crippen LogP contribution in [0.3, 0.4) is 0 Å². The van der Waals surface area contributed by atoms with Crippen LogP contribution >= 0.6 is 0 Å². The van der Waals surface area contributed by atoms with Gasteiger partial charge < -0.3 is 4.74 Å². The number of hydrogen-bond donors (Lipinski definition) is 0. The van der Waals surface area contributed by atoms with Crippen molar-refractivity contribution in [2.24, 2.45) is 0 Å². The number of ether oxygens (including phenoxy) is 1. The van der Waals surface area contributed by atoms with Crippen LogP contribution in [-0.4, -0.2) is 13.6 Å². The van der Waals surface area contributed by atoms with Crippen molar-refractivity contribution in [1.29, 1.82) is 0 Å². The van der Waals surface area contributed by atoms with Crippen LogP contribution in [0.25, 0.3) is 0 Å². The Balaban J connectivity index is 0.000000148. The second kappa shape index (κ2) is 7.47. The Kier molecular flexibility index (Phi) is 7.03. The summed E-state index contributed by atoms with van der Waals surface area (Å²) in [6.45, 7) is 0.375. The maximum absolute atomic E-state index is 8.95. The molecule has 54 valence electrons. The average molecular weight is 130 g/mol. The van der Waals surface area contributed by atoms with Crippen molar-refractivity contribution in [3.8, 4) is 0 Å². The van der Waals surface area contributed by atoms with Gasteiger partial charge in [0, 0.05) is 0 Å². The maximum atomic E-state index is 8.95. The van der Waals surface area contributed by atoms with E-state index in [1.165, 1.54) is 39.2 Å². The van der Waals surface area contributed by atoms with Crippen LogP contribution in [0.2, 0.25) is 0 Å². The molecular formula is C7H14O2. The molecule has 0 bridgehead atoms. The van der Waals surface area contributed by atoms with Gasteiger partial charge in [-0.3, -0.25) is 4.79 Å². The van der Waals surface area contributed by atoms with Gasteiger partial charge in [-0.1, -0.05) is 32.1 Å². The van der Waals surface area contributed by atoms with Crippen LogP contribution in [-0.2, 0) is 9.53 Å². The van der Waals surface area contributed by atoms with Crippen LogP contribution in [0.5, 0.6) is 0 Å². The molecule has 0 radical (unpaired) electrons. The third kappa shape index (κ3) is 7.47. The Morgan fingerprint density at radius 1 is 1.11 bits per heavy atom. The highest BCUT2D eigenvalue weighted by Crippen LogP contribution is 2.15. The fourth-order valence-electron chi connectivity index (χ4n) is 0.884. The minimum atomic E-state index is 0.375. The van der Waals surface area contributed by atoms with Gasteiger partial charge in [-0.15, -0.1) is 0 Å². The fourth-order valence-corrected chi connectivity index (χ4v) is 0.884. The van der Waals surface area contributed by atoms with Crippen molar-refractivity contribution in [3.63, 3.8) is 0 Å².